The molecular weight excluding hydrogens is 324 g/mol. The number of thioether (sulfide) groups is 1. The van der Waals surface area contributed by atoms with E-state index in [0.29, 0.717) is 10.7 Å². The van der Waals surface area contributed by atoms with Crippen LogP contribution in [0.25, 0.3) is 0 Å². The number of carbonyl (C=O) groups excluding carboxylic acids is 1. The highest BCUT2D eigenvalue weighted by Crippen LogP contribution is 2.20. The highest BCUT2D eigenvalue weighted by molar-refractivity contribution is 7.99. The average molecular weight is 334 g/mol. The standard InChI is InChI=1S/C13H10N4O5S/c18-12(15-9-2-1-3-10(6-9)16(19)20)8-23-13-5-4-11(7-14-13)17(21)22/h1-7H,8H2,(H,15,18). The Hall–Kier alpha value is -3.01. The summed E-state index contributed by atoms with van der Waals surface area (Å²) >= 11 is 1.10. The number of nitro benzene ring substituents is 1. The number of rotatable bonds is 6. The highest BCUT2D eigenvalue weighted by Gasteiger charge is 2.10. The monoisotopic (exact) mass is 334 g/mol. The number of anilines is 1. The van der Waals surface area contributed by atoms with Crippen LogP contribution >= 0.6 is 11.8 Å². The Kier molecular flexibility index (Phi) is 5.20. The summed E-state index contributed by atoms with van der Waals surface area (Å²) in [6.45, 7) is 0. The molecule has 0 saturated heterocycles. The first kappa shape index (κ1) is 16.4. The lowest BCUT2D eigenvalue weighted by Gasteiger charge is -2.04. The molecule has 1 amide bonds. The smallest absolute Gasteiger partial charge is 0.287 e. The molecule has 118 valence electrons. The third-order valence-corrected chi connectivity index (χ3v) is 3.57. The minimum Gasteiger partial charge on any atom is -0.325 e. The van der Waals surface area contributed by atoms with Crippen molar-refractivity contribution in [3.8, 4) is 0 Å². The van der Waals surface area contributed by atoms with Gasteiger partial charge in [-0.2, -0.15) is 0 Å². The number of non-ortho nitro benzene ring substituents is 1. The second-order valence-corrected chi connectivity index (χ2v) is 5.25. The third kappa shape index (κ3) is 4.74. The van der Waals surface area contributed by atoms with Crippen molar-refractivity contribution >= 4 is 34.7 Å². The van der Waals surface area contributed by atoms with Gasteiger partial charge in [0.05, 0.1) is 20.6 Å². The van der Waals surface area contributed by atoms with Gasteiger partial charge in [-0.1, -0.05) is 17.8 Å². The summed E-state index contributed by atoms with van der Waals surface area (Å²) in [6.07, 6.45) is 1.11. The average Bonchev–Trinajstić information content (AvgIpc) is 2.53. The Balaban J connectivity index is 1.91. The molecule has 0 atom stereocenters. The van der Waals surface area contributed by atoms with Gasteiger partial charge in [0.25, 0.3) is 11.4 Å². The number of nitro groups is 2. The third-order valence-electron chi connectivity index (χ3n) is 2.62. The molecule has 0 unspecified atom stereocenters. The lowest BCUT2D eigenvalue weighted by molar-refractivity contribution is -0.385. The van der Waals surface area contributed by atoms with E-state index in [0.717, 1.165) is 18.0 Å². The van der Waals surface area contributed by atoms with E-state index in [1.54, 1.807) is 6.07 Å². The predicted molar refractivity (Wildman–Crippen MR) is 83.3 cm³/mol. The van der Waals surface area contributed by atoms with E-state index < -0.39 is 9.85 Å². The SMILES string of the molecule is O=C(CSc1ccc([N+](=O)[O-])cn1)Nc1cccc([N+](=O)[O-])c1. The van der Waals surface area contributed by atoms with E-state index in [-0.39, 0.29) is 23.0 Å². The number of amides is 1. The Morgan fingerprint density at radius 3 is 2.48 bits per heavy atom. The van der Waals surface area contributed by atoms with E-state index in [1.165, 1.54) is 30.3 Å². The van der Waals surface area contributed by atoms with Gasteiger partial charge in [0, 0.05) is 23.9 Å². The maximum atomic E-state index is 11.8. The molecule has 1 aromatic carbocycles. The topological polar surface area (TPSA) is 128 Å². The van der Waals surface area contributed by atoms with E-state index in [9.17, 15) is 25.0 Å². The fraction of sp³-hybridized carbons (Fsp3) is 0.0769. The van der Waals surface area contributed by atoms with Crippen molar-refractivity contribution in [2.75, 3.05) is 11.1 Å². The molecule has 1 heterocycles. The van der Waals surface area contributed by atoms with Crippen LogP contribution in [0.1, 0.15) is 0 Å². The van der Waals surface area contributed by atoms with Crippen molar-refractivity contribution < 1.29 is 14.6 Å². The summed E-state index contributed by atoms with van der Waals surface area (Å²) in [5, 5.41) is 24.2. The largest absolute Gasteiger partial charge is 0.325 e. The van der Waals surface area contributed by atoms with Crippen LogP contribution in [-0.4, -0.2) is 26.5 Å². The molecule has 1 N–H and O–H groups in total. The lowest BCUT2D eigenvalue weighted by Crippen LogP contribution is -2.14. The van der Waals surface area contributed by atoms with Crippen LogP contribution in [0.4, 0.5) is 17.1 Å². The fourth-order valence-electron chi connectivity index (χ4n) is 1.60. The van der Waals surface area contributed by atoms with Crippen molar-refractivity contribution in [2.24, 2.45) is 0 Å². The molecule has 10 heteroatoms. The number of hydrogen-bond donors (Lipinski definition) is 1. The van der Waals surface area contributed by atoms with Gasteiger partial charge in [-0.15, -0.1) is 0 Å². The highest BCUT2D eigenvalue weighted by atomic mass is 32.2. The fourth-order valence-corrected chi connectivity index (χ4v) is 2.24. The summed E-state index contributed by atoms with van der Waals surface area (Å²) in [6, 6.07) is 8.34. The first-order chi connectivity index (χ1) is 11.0. The van der Waals surface area contributed by atoms with Gasteiger partial charge in [0.1, 0.15) is 6.20 Å². The van der Waals surface area contributed by atoms with Crippen molar-refractivity contribution in [3.05, 3.63) is 62.8 Å². The minimum absolute atomic E-state index is 0.0213. The number of aromatic nitrogens is 1. The number of nitrogens with zero attached hydrogens (tertiary/aromatic N) is 3. The van der Waals surface area contributed by atoms with Crippen molar-refractivity contribution in [1.82, 2.24) is 4.98 Å². The van der Waals surface area contributed by atoms with Gasteiger partial charge in [-0.25, -0.2) is 4.98 Å². The van der Waals surface area contributed by atoms with Gasteiger partial charge in [0.15, 0.2) is 0 Å². The van der Waals surface area contributed by atoms with Gasteiger partial charge < -0.3 is 5.32 Å². The van der Waals surface area contributed by atoms with E-state index >= 15 is 0 Å². The molecule has 0 spiro atoms. The first-order valence-corrected chi connectivity index (χ1v) is 7.22. The molecule has 2 rings (SSSR count). The quantitative estimate of drug-likeness (QED) is 0.488. The Bertz CT molecular complexity index is 750. The number of carbonyl (C=O) groups is 1. The van der Waals surface area contributed by atoms with Crippen LogP contribution in [0.3, 0.4) is 0 Å². The predicted octanol–water partition coefficient (Wildman–Crippen LogP) is 2.63. The molecular formula is C13H10N4O5S. The molecule has 0 aliphatic carbocycles. The summed E-state index contributed by atoms with van der Waals surface area (Å²) in [7, 11) is 0. The summed E-state index contributed by atoms with van der Waals surface area (Å²) in [5.41, 5.74) is 0.0735. The Morgan fingerprint density at radius 1 is 1.13 bits per heavy atom. The van der Waals surface area contributed by atoms with Gasteiger partial charge in [0.2, 0.25) is 5.91 Å². The number of hydrogen-bond acceptors (Lipinski definition) is 7. The number of benzene rings is 1. The Labute approximate surface area is 134 Å². The summed E-state index contributed by atoms with van der Waals surface area (Å²) in [5.74, 6) is -0.344. The number of nitrogens with one attached hydrogen (secondary N) is 1. The van der Waals surface area contributed by atoms with Crippen molar-refractivity contribution in [1.29, 1.82) is 0 Å². The second kappa shape index (κ2) is 7.31. The normalized spacial score (nSPS) is 10.1. The number of pyridine rings is 1. The van der Waals surface area contributed by atoms with Crippen LogP contribution < -0.4 is 5.32 Å². The van der Waals surface area contributed by atoms with E-state index in [2.05, 4.69) is 10.3 Å². The maximum Gasteiger partial charge on any atom is 0.287 e. The molecule has 23 heavy (non-hydrogen) atoms. The molecule has 1 aromatic heterocycles. The molecule has 9 nitrogen and oxygen atoms in total. The second-order valence-electron chi connectivity index (χ2n) is 4.26. The summed E-state index contributed by atoms with van der Waals surface area (Å²) < 4.78 is 0. The molecule has 0 bridgehead atoms. The van der Waals surface area contributed by atoms with Crippen LogP contribution in [0.5, 0.6) is 0 Å². The van der Waals surface area contributed by atoms with Crippen LogP contribution in [0.2, 0.25) is 0 Å². The molecule has 0 aliphatic rings. The zero-order chi connectivity index (χ0) is 16.8. The Morgan fingerprint density at radius 2 is 1.87 bits per heavy atom. The molecule has 0 saturated carbocycles. The summed E-state index contributed by atoms with van der Waals surface area (Å²) in [4.78, 5) is 35.7. The van der Waals surface area contributed by atoms with Crippen LogP contribution in [0.15, 0.2) is 47.6 Å². The van der Waals surface area contributed by atoms with Gasteiger partial charge in [-0.3, -0.25) is 25.0 Å². The lowest BCUT2D eigenvalue weighted by atomic mass is 10.3. The van der Waals surface area contributed by atoms with E-state index in [4.69, 9.17) is 0 Å². The van der Waals surface area contributed by atoms with Crippen molar-refractivity contribution in [2.45, 2.75) is 5.03 Å². The maximum absolute atomic E-state index is 11.8. The van der Waals surface area contributed by atoms with Crippen molar-refractivity contribution in [3.63, 3.8) is 0 Å². The van der Waals surface area contributed by atoms with Crippen LogP contribution in [0, 0.1) is 20.2 Å². The molecule has 0 fully saturated rings. The minimum atomic E-state index is -0.559. The zero-order valence-corrected chi connectivity index (χ0v) is 12.4. The molecule has 0 aliphatic heterocycles. The van der Waals surface area contributed by atoms with Crippen LogP contribution in [-0.2, 0) is 4.79 Å². The zero-order valence-electron chi connectivity index (χ0n) is 11.5. The molecule has 2 aromatic rings. The van der Waals surface area contributed by atoms with Gasteiger partial charge in [-0.05, 0) is 12.1 Å². The van der Waals surface area contributed by atoms with Gasteiger partial charge >= 0.3 is 0 Å². The first-order valence-electron chi connectivity index (χ1n) is 6.23. The van der Waals surface area contributed by atoms with E-state index in [1.807, 2.05) is 0 Å². The molecule has 0 radical (unpaired) electrons.